The third-order valence-corrected chi connectivity index (χ3v) is 2.92. The summed E-state index contributed by atoms with van der Waals surface area (Å²) in [6, 6.07) is 7.38. The molecule has 6 nitrogen and oxygen atoms in total. The van der Waals surface area contributed by atoms with Crippen LogP contribution in [0.25, 0.3) is 0 Å². The first kappa shape index (κ1) is 12.5. The Morgan fingerprint density at radius 3 is 2.75 bits per heavy atom. The van der Waals surface area contributed by atoms with E-state index < -0.39 is 0 Å². The molecule has 6 heteroatoms. The fraction of sp³-hybridized carbons (Fsp3) is 0.286. The summed E-state index contributed by atoms with van der Waals surface area (Å²) >= 11 is 0. The summed E-state index contributed by atoms with van der Waals surface area (Å²) in [4.78, 5) is 8.53. The first-order valence-corrected chi connectivity index (χ1v) is 6.54. The summed E-state index contributed by atoms with van der Waals surface area (Å²) in [6.45, 7) is 3.14. The van der Waals surface area contributed by atoms with Gasteiger partial charge in [-0.2, -0.15) is 0 Å². The van der Waals surface area contributed by atoms with Crippen LogP contribution in [0.15, 0.2) is 24.3 Å². The third kappa shape index (κ3) is 2.59. The highest BCUT2D eigenvalue weighted by atomic mass is 16.6. The monoisotopic (exact) mass is 272 g/mol. The van der Waals surface area contributed by atoms with Crippen LogP contribution >= 0.6 is 0 Å². The summed E-state index contributed by atoms with van der Waals surface area (Å²) in [5, 5.41) is 3.20. The van der Waals surface area contributed by atoms with Crippen molar-refractivity contribution in [2.45, 2.75) is 13.3 Å². The number of benzene rings is 1. The minimum absolute atomic E-state index is 0.455. The Kier molecular flexibility index (Phi) is 3.28. The van der Waals surface area contributed by atoms with Gasteiger partial charge in [0.2, 0.25) is 0 Å². The van der Waals surface area contributed by atoms with Gasteiger partial charge in [-0.25, -0.2) is 9.97 Å². The fourth-order valence-electron chi connectivity index (χ4n) is 2.01. The van der Waals surface area contributed by atoms with E-state index in [9.17, 15) is 0 Å². The molecule has 1 aromatic heterocycles. The van der Waals surface area contributed by atoms with Crippen LogP contribution in [0.2, 0.25) is 0 Å². The number of fused-ring (bicyclic) bond motifs is 1. The Morgan fingerprint density at radius 1 is 1.15 bits per heavy atom. The SMILES string of the molecule is CCc1nc(N)cc(Nc2ccc3c(c2)OCCO3)n1. The second-order valence-electron chi connectivity index (χ2n) is 4.43. The Morgan fingerprint density at radius 2 is 1.95 bits per heavy atom. The molecule has 2 aromatic rings. The average Bonchev–Trinajstić information content (AvgIpc) is 2.46. The Hall–Kier alpha value is -2.50. The van der Waals surface area contributed by atoms with E-state index in [0.29, 0.717) is 30.7 Å². The van der Waals surface area contributed by atoms with Crippen molar-refractivity contribution in [1.82, 2.24) is 9.97 Å². The summed E-state index contributed by atoms with van der Waals surface area (Å²) in [5.74, 6) is 3.34. The first-order valence-electron chi connectivity index (χ1n) is 6.54. The number of rotatable bonds is 3. The lowest BCUT2D eigenvalue weighted by atomic mass is 10.2. The minimum atomic E-state index is 0.455. The molecule has 2 heterocycles. The number of aryl methyl sites for hydroxylation is 1. The van der Waals surface area contributed by atoms with Gasteiger partial charge in [0.15, 0.2) is 11.5 Å². The molecule has 0 saturated heterocycles. The van der Waals surface area contributed by atoms with Gasteiger partial charge in [0, 0.05) is 24.2 Å². The lowest BCUT2D eigenvalue weighted by molar-refractivity contribution is 0.171. The molecule has 0 fully saturated rings. The number of anilines is 3. The van der Waals surface area contributed by atoms with Crippen LogP contribution in [-0.4, -0.2) is 23.2 Å². The van der Waals surface area contributed by atoms with Crippen molar-refractivity contribution in [2.75, 3.05) is 24.3 Å². The van der Waals surface area contributed by atoms with E-state index >= 15 is 0 Å². The van der Waals surface area contributed by atoms with Crippen LogP contribution in [0.5, 0.6) is 11.5 Å². The summed E-state index contributed by atoms with van der Waals surface area (Å²) in [6.07, 6.45) is 0.737. The number of hydrogen-bond donors (Lipinski definition) is 2. The van der Waals surface area contributed by atoms with Crippen LogP contribution in [0.4, 0.5) is 17.3 Å². The van der Waals surface area contributed by atoms with Gasteiger partial charge in [-0.3, -0.25) is 0 Å². The van der Waals surface area contributed by atoms with Gasteiger partial charge in [-0.15, -0.1) is 0 Å². The molecule has 1 aromatic carbocycles. The van der Waals surface area contributed by atoms with Gasteiger partial charge in [-0.1, -0.05) is 6.92 Å². The van der Waals surface area contributed by atoms with Crippen molar-refractivity contribution >= 4 is 17.3 Å². The molecule has 3 N–H and O–H groups in total. The highest BCUT2D eigenvalue weighted by Gasteiger charge is 2.12. The Balaban J connectivity index is 1.85. The molecule has 0 atom stereocenters. The van der Waals surface area contributed by atoms with E-state index in [4.69, 9.17) is 15.2 Å². The van der Waals surface area contributed by atoms with Crippen LogP contribution in [0.3, 0.4) is 0 Å². The van der Waals surface area contributed by atoms with Crippen molar-refractivity contribution in [3.05, 3.63) is 30.1 Å². The maximum absolute atomic E-state index is 5.76. The molecule has 1 aliphatic rings. The number of nitrogen functional groups attached to an aromatic ring is 1. The molecule has 0 amide bonds. The zero-order valence-electron chi connectivity index (χ0n) is 11.2. The molecule has 20 heavy (non-hydrogen) atoms. The number of ether oxygens (including phenoxy) is 2. The maximum Gasteiger partial charge on any atom is 0.163 e. The smallest absolute Gasteiger partial charge is 0.163 e. The first-order chi connectivity index (χ1) is 9.74. The molecule has 0 spiro atoms. The summed E-state index contributed by atoms with van der Waals surface area (Å²) in [5.41, 5.74) is 6.63. The van der Waals surface area contributed by atoms with Gasteiger partial charge in [0.25, 0.3) is 0 Å². The molecule has 0 radical (unpaired) electrons. The van der Waals surface area contributed by atoms with Crippen molar-refractivity contribution in [3.63, 3.8) is 0 Å². The predicted octanol–water partition coefficient (Wildman–Crippen LogP) is 2.14. The predicted molar refractivity (Wildman–Crippen MR) is 76.5 cm³/mol. The average molecular weight is 272 g/mol. The van der Waals surface area contributed by atoms with E-state index in [2.05, 4.69) is 15.3 Å². The van der Waals surface area contributed by atoms with Gasteiger partial charge in [0.05, 0.1) is 0 Å². The van der Waals surface area contributed by atoms with E-state index in [-0.39, 0.29) is 0 Å². The van der Waals surface area contributed by atoms with Gasteiger partial charge >= 0.3 is 0 Å². The van der Waals surface area contributed by atoms with E-state index in [1.807, 2.05) is 25.1 Å². The van der Waals surface area contributed by atoms with Crippen LogP contribution < -0.4 is 20.5 Å². The normalized spacial score (nSPS) is 13.1. The number of nitrogens with two attached hydrogens (primary N) is 1. The molecule has 0 aliphatic carbocycles. The number of nitrogens with one attached hydrogen (secondary N) is 1. The van der Waals surface area contributed by atoms with Crippen molar-refractivity contribution in [3.8, 4) is 11.5 Å². The van der Waals surface area contributed by atoms with Gasteiger partial charge < -0.3 is 20.5 Å². The second-order valence-corrected chi connectivity index (χ2v) is 4.43. The van der Waals surface area contributed by atoms with Gasteiger partial charge in [0.1, 0.15) is 30.7 Å². The number of aromatic nitrogens is 2. The standard InChI is InChI=1S/C14H16N4O2/c1-2-13-17-12(15)8-14(18-13)16-9-3-4-10-11(7-9)20-6-5-19-10/h3-4,7-8H,2,5-6H2,1H3,(H3,15,16,17,18). The summed E-state index contributed by atoms with van der Waals surface area (Å²) in [7, 11) is 0. The largest absolute Gasteiger partial charge is 0.486 e. The Bertz CT molecular complexity index is 631. The Labute approximate surface area is 116 Å². The lowest BCUT2D eigenvalue weighted by Crippen LogP contribution is -2.15. The van der Waals surface area contributed by atoms with E-state index in [1.54, 1.807) is 6.07 Å². The zero-order valence-corrected chi connectivity index (χ0v) is 11.2. The van der Waals surface area contributed by atoms with E-state index in [1.165, 1.54) is 0 Å². The molecule has 0 bridgehead atoms. The van der Waals surface area contributed by atoms with Crippen molar-refractivity contribution in [2.24, 2.45) is 0 Å². The topological polar surface area (TPSA) is 82.3 Å². The lowest BCUT2D eigenvalue weighted by Gasteiger charge is -2.19. The fourth-order valence-corrected chi connectivity index (χ4v) is 2.01. The van der Waals surface area contributed by atoms with Crippen LogP contribution in [-0.2, 0) is 6.42 Å². The summed E-state index contributed by atoms with van der Waals surface area (Å²) < 4.78 is 11.0. The van der Waals surface area contributed by atoms with Crippen LogP contribution in [0.1, 0.15) is 12.7 Å². The number of nitrogens with zero attached hydrogens (tertiary/aromatic N) is 2. The third-order valence-electron chi connectivity index (χ3n) is 2.92. The number of hydrogen-bond acceptors (Lipinski definition) is 6. The molecule has 104 valence electrons. The zero-order chi connectivity index (χ0) is 13.9. The molecule has 1 aliphatic heterocycles. The maximum atomic E-state index is 5.76. The quantitative estimate of drug-likeness (QED) is 0.890. The molecule has 3 rings (SSSR count). The molecule has 0 unspecified atom stereocenters. The van der Waals surface area contributed by atoms with Gasteiger partial charge in [-0.05, 0) is 12.1 Å². The molecule has 0 saturated carbocycles. The van der Waals surface area contributed by atoms with E-state index in [0.717, 1.165) is 23.6 Å². The van der Waals surface area contributed by atoms with Crippen molar-refractivity contribution < 1.29 is 9.47 Å². The van der Waals surface area contributed by atoms with Crippen LogP contribution in [0, 0.1) is 0 Å². The highest BCUT2D eigenvalue weighted by molar-refractivity contribution is 5.62. The minimum Gasteiger partial charge on any atom is -0.486 e. The molecular weight excluding hydrogens is 256 g/mol. The molecular formula is C14H16N4O2. The van der Waals surface area contributed by atoms with Crippen molar-refractivity contribution in [1.29, 1.82) is 0 Å². The second kappa shape index (κ2) is 5.24. The highest BCUT2D eigenvalue weighted by Crippen LogP contribution is 2.33.